The van der Waals surface area contributed by atoms with Crippen molar-refractivity contribution >= 4 is 11.7 Å². The second-order valence-corrected chi connectivity index (χ2v) is 6.81. The number of aryl methyl sites for hydroxylation is 1. The van der Waals surface area contributed by atoms with E-state index in [1.807, 2.05) is 11.8 Å². The zero-order valence-electron chi connectivity index (χ0n) is 14.9. The van der Waals surface area contributed by atoms with Gasteiger partial charge < -0.3 is 19.9 Å². The number of likely N-dealkylation sites (tertiary alicyclic amines) is 1. The van der Waals surface area contributed by atoms with Gasteiger partial charge in [0.25, 0.3) is 0 Å². The van der Waals surface area contributed by atoms with E-state index in [2.05, 4.69) is 35.5 Å². The summed E-state index contributed by atoms with van der Waals surface area (Å²) in [5.74, 6) is 0. The van der Waals surface area contributed by atoms with E-state index in [9.17, 15) is 4.79 Å². The Bertz CT molecular complexity index is 574. The lowest BCUT2D eigenvalue weighted by Gasteiger charge is -2.32. The summed E-state index contributed by atoms with van der Waals surface area (Å²) in [6, 6.07) is 6.57. The lowest BCUT2D eigenvalue weighted by molar-refractivity contribution is 0.0164. The number of anilines is 1. The Labute approximate surface area is 145 Å². The summed E-state index contributed by atoms with van der Waals surface area (Å²) in [6.45, 7) is 5.96. The van der Waals surface area contributed by atoms with Crippen molar-refractivity contribution in [1.82, 2.24) is 10.2 Å². The van der Waals surface area contributed by atoms with Gasteiger partial charge in [-0.2, -0.15) is 0 Å². The Balaban J connectivity index is 1.54. The molecule has 0 saturated carbocycles. The van der Waals surface area contributed by atoms with Crippen LogP contribution >= 0.6 is 0 Å². The van der Waals surface area contributed by atoms with E-state index in [0.717, 1.165) is 32.4 Å². The molecule has 0 aliphatic carbocycles. The van der Waals surface area contributed by atoms with Crippen LogP contribution in [0.3, 0.4) is 0 Å². The maximum absolute atomic E-state index is 12.4. The number of piperidine rings is 1. The van der Waals surface area contributed by atoms with E-state index in [-0.39, 0.29) is 12.1 Å². The highest BCUT2D eigenvalue weighted by Gasteiger charge is 2.23. The lowest BCUT2D eigenvalue weighted by Crippen LogP contribution is -2.47. The normalized spacial score (nSPS) is 20.7. The van der Waals surface area contributed by atoms with Crippen molar-refractivity contribution < 1.29 is 9.53 Å². The SMILES string of the molecule is CCO[C@@H]1CCCN(C(=O)NCc2ccc3c(c2)CCCN3C)C1. The highest BCUT2D eigenvalue weighted by Crippen LogP contribution is 2.26. The van der Waals surface area contributed by atoms with E-state index in [1.165, 1.54) is 23.2 Å². The van der Waals surface area contributed by atoms with Crippen LogP contribution in [0.4, 0.5) is 10.5 Å². The monoisotopic (exact) mass is 331 g/mol. The van der Waals surface area contributed by atoms with Gasteiger partial charge in [-0.05, 0) is 49.8 Å². The Hall–Kier alpha value is -1.75. The summed E-state index contributed by atoms with van der Waals surface area (Å²) in [4.78, 5) is 16.6. The molecule has 1 aromatic carbocycles. The van der Waals surface area contributed by atoms with Crippen LogP contribution in [0, 0.1) is 0 Å². The quantitative estimate of drug-likeness (QED) is 0.923. The fourth-order valence-corrected chi connectivity index (χ4v) is 3.73. The Kier molecular flexibility index (Phi) is 5.61. The zero-order chi connectivity index (χ0) is 16.9. The third-order valence-corrected chi connectivity index (χ3v) is 5.01. The summed E-state index contributed by atoms with van der Waals surface area (Å²) in [5, 5.41) is 3.07. The minimum atomic E-state index is 0.0224. The van der Waals surface area contributed by atoms with Gasteiger partial charge in [0.15, 0.2) is 0 Å². The Morgan fingerprint density at radius 2 is 2.21 bits per heavy atom. The van der Waals surface area contributed by atoms with Gasteiger partial charge in [-0.3, -0.25) is 0 Å². The highest BCUT2D eigenvalue weighted by molar-refractivity contribution is 5.74. The molecule has 2 heterocycles. The van der Waals surface area contributed by atoms with Crippen molar-refractivity contribution in [3.8, 4) is 0 Å². The number of hydrogen-bond donors (Lipinski definition) is 1. The molecular weight excluding hydrogens is 302 g/mol. The molecule has 2 amide bonds. The number of carbonyl (C=O) groups is 1. The first-order valence-electron chi connectivity index (χ1n) is 9.14. The molecule has 0 spiro atoms. The molecule has 2 aliphatic heterocycles. The lowest BCUT2D eigenvalue weighted by atomic mass is 9.99. The van der Waals surface area contributed by atoms with Gasteiger partial charge in [-0.15, -0.1) is 0 Å². The number of rotatable bonds is 4. The van der Waals surface area contributed by atoms with Crippen molar-refractivity contribution in [2.45, 2.75) is 45.3 Å². The average molecular weight is 331 g/mol. The number of amides is 2. The van der Waals surface area contributed by atoms with Gasteiger partial charge in [0.2, 0.25) is 0 Å². The predicted molar refractivity (Wildman–Crippen MR) is 96.5 cm³/mol. The van der Waals surface area contributed by atoms with Crippen molar-refractivity contribution in [3.63, 3.8) is 0 Å². The number of nitrogens with one attached hydrogen (secondary N) is 1. The second kappa shape index (κ2) is 7.88. The van der Waals surface area contributed by atoms with Gasteiger partial charge in [0.05, 0.1) is 6.10 Å². The van der Waals surface area contributed by atoms with Gasteiger partial charge in [-0.1, -0.05) is 12.1 Å². The van der Waals surface area contributed by atoms with Gasteiger partial charge in [-0.25, -0.2) is 4.79 Å². The molecule has 1 fully saturated rings. The first-order chi connectivity index (χ1) is 11.7. The maximum Gasteiger partial charge on any atom is 0.317 e. The average Bonchev–Trinajstić information content (AvgIpc) is 2.60. The summed E-state index contributed by atoms with van der Waals surface area (Å²) < 4.78 is 5.67. The van der Waals surface area contributed by atoms with E-state index in [4.69, 9.17) is 4.74 Å². The summed E-state index contributed by atoms with van der Waals surface area (Å²) in [5.41, 5.74) is 3.90. The van der Waals surface area contributed by atoms with Crippen molar-refractivity contribution in [2.24, 2.45) is 0 Å². The molecule has 3 rings (SSSR count). The first-order valence-corrected chi connectivity index (χ1v) is 9.14. The Morgan fingerprint density at radius 3 is 3.04 bits per heavy atom. The third kappa shape index (κ3) is 4.01. The number of urea groups is 1. The van der Waals surface area contributed by atoms with E-state index in [0.29, 0.717) is 19.7 Å². The maximum atomic E-state index is 12.4. The van der Waals surface area contributed by atoms with Crippen molar-refractivity contribution in [3.05, 3.63) is 29.3 Å². The van der Waals surface area contributed by atoms with Crippen LogP contribution in [0.2, 0.25) is 0 Å². The molecule has 132 valence electrons. The molecule has 5 nitrogen and oxygen atoms in total. The number of ether oxygens (including phenoxy) is 1. The molecule has 0 unspecified atom stereocenters. The third-order valence-electron chi connectivity index (χ3n) is 5.01. The molecule has 1 N–H and O–H groups in total. The van der Waals surface area contributed by atoms with Crippen molar-refractivity contribution in [2.75, 3.05) is 38.2 Å². The van der Waals surface area contributed by atoms with Crippen LogP contribution in [-0.2, 0) is 17.7 Å². The summed E-state index contributed by atoms with van der Waals surface area (Å²) >= 11 is 0. The van der Waals surface area contributed by atoms with Gasteiger partial charge in [0.1, 0.15) is 0 Å². The van der Waals surface area contributed by atoms with Crippen LogP contribution in [0.15, 0.2) is 18.2 Å². The number of nitrogens with zero attached hydrogens (tertiary/aromatic N) is 2. The number of benzene rings is 1. The second-order valence-electron chi connectivity index (χ2n) is 6.81. The topological polar surface area (TPSA) is 44.8 Å². The van der Waals surface area contributed by atoms with Crippen LogP contribution in [-0.4, -0.2) is 50.3 Å². The number of carbonyl (C=O) groups excluding carboxylic acids is 1. The van der Waals surface area contributed by atoms with E-state index >= 15 is 0 Å². The van der Waals surface area contributed by atoms with Gasteiger partial charge in [0, 0.05) is 45.5 Å². The molecule has 0 bridgehead atoms. The fraction of sp³-hybridized carbons (Fsp3) is 0.632. The largest absolute Gasteiger partial charge is 0.377 e. The van der Waals surface area contributed by atoms with Crippen LogP contribution in [0.25, 0.3) is 0 Å². The van der Waals surface area contributed by atoms with Crippen LogP contribution in [0.1, 0.15) is 37.3 Å². The molecule has 1 aromatic rings. The Morgan fingerprint density at radius 1 is 1.33 bits per heavy atom. The first kappa shape index (κ1) is 17.1. The molecular formula is C19H29N3O2. The molecule has 0 aromatic heterocycles. The minimum absolute atomic E-state index is 0.0224. The molecule has 5 heteroatoms. The van der Waals surface area contributed by atoms with E-state index in [1.54, 1.807) is 0 Å². The highest BCUT2D eigenvalue weighted by atomic mass is 16.5. The number of fused-ring (bicyclic) bond motifs is 1. The van der Waals surface area contributed by atoms with Crippen molar-refractivity contribution in [1.29, 1.82) is 0 Å². The fourth-order valence-electron chi connectivity index (χ4n) is 3.73. The standard InChI is InChI=1S/C19H29N3O2/c1-3-24-17-7-5-11-22(14-17)19(23)20-13-15-8-9-18-16(12-15)6-4-10-21(18)2/h8-9,12,17H,3-7,10-11,13-14H2,1-2H3,(H,20,23)/t17-/m1/s1. The van der Waals surface area contributed by atoms with Crippen LogP contribution < -0.4 is 10.2 Å². The smallest absolute Gasteiger partial charge is 0.317 e. The summed E-state index contributed by atoms with van der Waals surface area (Å²) in [6.07, 6.45) is 4.59. The molecule has 24 heavy (non-hydrogen) atoms. The molecule has 2 aliphatic rings. The number of hydrogen-bond acceptors (Lipinski definition) is 3. The minimum Gasteiger partial charge on any atom is -0.377 e. The van der Waals surface area contributed by atoms with Gasteiger partial charge >= 0.3 is 6.03 Å². The van der Waals surface area contributed by atoms with Crippen LogP contribution in [0.5, 0.6) is 0 Å². The molecule has 0 radical (unpaired) electrons. The molecule has 1 saturated heterocycles. The predicted octanol–water partition coefficient (Wildman–Crippen LogP) is 2.78. The zero-order valence-corrected chi connectivity index (χ0v) is 14.9. The summed E-state index contributed by atoms with van der Waals surface area (Å²) in [7, 11) is 2.14. The van der Waals surface area contributed by atoms with E-state index < -0.39 is 0 Å². The molecule has 1 atom stereocenters.